The molecule has 0 aliphatic rings. The molecular weight excluding hydrogens is 244 g/mol. The Morgan fingerprint density at radius 3 is 2.05 bits per heavy atom. The second-order valence-corrected chi connectivity index (χ2v) is 4.58. The zero-order valence-corrected chi connectivity index (χ0v) is 12.8. The van der Waals surface area contributed by atoms with E-state index in [4.69, 9.17) is 15.3 Å². The Kier molecular flexibility index (Phi) is 11.7. The van der Waals surface area contributed by atoms with Crippen LogP contribution in [0.25, 0.3) is 0 Å². The molecule has 0 aromatic carbocycles. The fourth-order valence-electron chi connectivity index (χ4n) is 1.47. The second-order valence-electron chi connectivity index (χ2n) is 4.58. The van der Waals surface area contributed by atoms with Crippen molar-refractivity contribution in [3.8, 4) is 0 Å². The Morgan fingerprint density at radius 2 is 1.68 bits per heavy atom. The maximum atomic E-state index is 5.56. The molecule has 0 bridgehead atoms. The molecule has 0 atom stereocenters. The number of guanidine groups is 1. The van der Waals surface area contributed by atoms with Crippen LogP contribution < -0.4 is 11.3 Å². The van der Waals surface area contributed by atoms with E-state index in [0.717, 1.165) is 19.6 Å². The van der Waals surface area contributed by atoms with Crippen LogP contribution in [0.5, 0.6) is 0 Å². The van der Waals surface area contributed by atoms with E-state index in [2.05, 4.69) is 29.2 Å². The average Bonchev–Trinajstić information content (AvgIpc) is 2.38. The second kappa shape index (κ2) is 12.2. The molecule has 0 aromatic rings. The number of rotatable bonds is 10. The van der Waals surface area contributed by atoms with E-state index < -0.39 is 0 Å². The van der Waals surface area contributed by atoms with Crippen molar-refractivity contribution >= 4 is 5.96 Å². The molecule has 0 saturated carbocycles. The predicted molar refractivity (Wildman–Crippen MR) is 79.0 cm³/mol. The third-order valence-electron chi connectivity index (χ3n) is 2.45. The molecule has 6 nitrogen and oxygen atoms in total. The number of ether oxygens (including phenoxy) is 2. The quantitative estimate of drug-likeness (QED) is 0.203. The fourth-order valence-corrected chi connectivity index (χ4v) is 1.47. The molecule has 6 heteroatoms. The molecule has 114 valence electrons. The number of hydrazine groups is 1. The monoisotopic (exact) mass is 274 g/mol. The van der Waals surface area contributed by atoms with Gasteiger partial charge < -0.3 is 14.4 Å². The zero-order chi connectivity index (χ0) is 14.5. The van der Waals surface area contributed by atoms with E-state index in [1.165, 1.54) is 0 Å². The molecule has 0 heterocycles. The van der Waals surface area contributed by atoms with Gasteiger partial charge in [0.2, 0.25) is 5.96 Å². The van der Waals surface area contributed by atoms with Gasteiger partial charge in [-0.1, -0.05) is 13.8 Å². The highest BCUT2D eigenvalue weighted by Crippen LogP contribution is 1.96. The fraction of sp³-hybridized carbons (Fsp3) is 0.923. The van der Waals surface area contributed by atoms with E-state index in [-0.39, 0.29) is 0 Å². The van der Waals surface area contributed by atoms with Gasteiger partial charge in [0, 0.05) is 32.8 Å². The van der Waals surface area contributed by atoms with Crippen molar-refractivity contribution in [2.45, 2.75) is 27.7 Å². The van der Waals surface area contributed by atoms with E-state index in [9.17, 15) is 0 Å². The van der Waals surface area contributed by atoms with Gasteiger partial charge in [0.15, 0.2) is 0 Å². The minimum atomic E-state index is 0.504. The summed E-state index contributed by atoms with van der Waals surface area (Å²) in [4.78, 5) is 6.56. The van der Waals surface area contributed by atoms with Gasteiger partial charge >= 0.3 is 0 Å². The van der Waals surface area contributed by atoms with Crippen molar-refractivity contribution in [2.24, 2.45) is 16.8 Å². The summed E-state index contributed by atoms with van der Waals surface area (Å²) < 4.78 is 10.8. The summed E-state index contributed by atoms with van der Waals surface area (Å²) in [6, 6.07) is 0. The third-order valence-corrected chi connectivity index (χ3v) is 2.45. The number of nitrogens with two attached hydrogens (primary N) is 1. The Bertz CT molecular complexity index is 225. The molecule has 0 radical (unpaired) electrons. The molecule has 0 aromatic heterocycles. The number of nitrogens with zero attached hydrogens (tertiary/aromatic N) is 2. The number of aliphatic imine (C=N–C) groups is 1. The van der Waals surface area contributed by atoms with Gasteiger partial charge in [-0.25, -0.2) is 5.84 Å². The lowest BCUT2D eigenvalue weighted by Gasteiger charge is -2.25. The van der Waals surface area contributed by atoms with Gasteiger partial charge in [-0.3, -0.25) is 10.4 Å². The van der Waals surface area contributed by atoms with Crippen molar-refractivity contribution in [3.63, 3.8) is 0 Å². The minimum Gasteiger partial charge on any atom is -0.380 e. The molecule has 0 spiro atoms. The summed E-state index contributed by atoms with van der Waals surface area (Å²) in [6.45, 7) is 13.2. The molecule has 0 rings (SSSR count). The first-order valence-electron chi connectivity index (χ1n) is 7.07. The van der Waals surface area contributed by atoms with Gasteiger partial charge in [-0.05, 0) is 19.8 Å². The summed E-state index contributed by atoms with van der Waals surface area (Å²) in [7, 11) is 0. The molecule has 0 aliphatic carbocycles. The molecule has 0 amide bonds. The highest BCUT2D eigenvalue weighted by atomic mass is 16.5. The van der Waals surface area contributed by atoms with Crippen molar-refractivity contribution < 1.29 is 9.47 Å². The first kappa shape index (κ1) is 18.1. The lowest BCUT2D eigenvalue weighted by molar-refractivity contribution is 0.106. The average molecular weight is 274 g/mol. The number of hydrogen-bond donors (Lipinski definition) is 2. The Balaban J connectivity index is 4.41. The van der Waals surface area contributed by atoms with Crippen molar-refractivity contribution in [2.75, 3.05) is 46.1 Å². The van der Waals surface area contributed by atoms with Gasteiger partial charge in [0.25, 0.3) is 0 Å². The SMILES string of the molecule is CCOCCN(CCOCC)C(=NCC(C)C)NN. The van der Waals surface area contributed by atoms with Gasteiger partial charge in [0.05, 0.1) is 13.2 Å². The van der Waals surface area contributed by atoms with Gasteiger partial charge in [0.1, 0.15) is 0 Å². The molecule has 0 fully saturated rings. The van der Waals surface area contributed by atoms with E-state index in [1.54, 1.807) is 0 Å². The maximum absolute atomic E-state index is 5.56. The molecule has 0 saturated heterocycles. The molecule has 19 heavy (non-hydrogen) atoms. The van der Waals surface area contributed by atoms with E-state index in [1.807, 2.05) is 13.8 Å². The van der Waals surface area contributed by atoms with Crippen LogP contribution >= 0.6 is 0 Å². The van der Waals surface area contributed by atoms with E-state index in [0.29, 0.717) is 38.3 Å². The summed E-state index contributed by atoms with van der Waals surface area (Å²) in [5.41, 5.74) is 2.68. The third kappa shape index (κ3) is 9.69. The van der Waals surface area contributed by atoms with Crippen LogP contribution in [-0.4, -0.2) is 56.9 Å². The summed E-state index contributed by atoms with van der Waals surface area (Å²) in [5.74, 6) is 6.77. The highest BCUT2D eigenvalue weighted by molar-refractivity contribution is 5.79. The van der Waals surface area contributed by atoms with Crippen molar-refractivity contribution in [1.82, 2.24) is 10.3 Å². The normalized spacial score (nSPS) is 12.0. The first-order chi connectivity index (χ1) is 9.15. The van der Waals surface area contributed by atoms with Crippen LogP contribution in [-0.2, 0) is 9.47 Å². The Labute approximate surface area is 117 Å². The molecular formula is C13H30N4O2. The summed E-state index contributed by atoms with van der Waals surface area (Å²) in [5, 5.41) is 0. The molecule has 0 unspecified atom stereocenters. The van der Waals surface area contributed by atoms with Crippen molar-refractivity contribution in [1.29, 1.82) is 0 Å². The molecule has 3 N–H and O–H groups in total. The summed E-state index contributed by atoms with van der Waals surface area (Å²) in [6.07, 6.45) is 0. The Morgan fingerprint density at radius 1 is 1.16 bits per heavy atom. The number of nitrogens with one attached hydrogen (secondary N) is 1. The lowest BCUT2D eigenvalue weighted by atomic mass is 10.2. The molecule has 0 aliphatic heterocycles. The smallest absolute Gasteiger partial charge is 0.208 e. The Hall–Kier alpha value is -0.850. The highest BCUT2D eigenvalue weighted by Gasteiger charge is 2.10. The standard InChI is InChI=1S/C13H30N4O2/c1-5-18-9-7-17(8-10-19-6-2)13(16-14)15-11-12(3)4/h12H,5-11,14H2,1-4H3,(H,15,16). The number of hydrogen-bond acceptors (Lipinski definition) is 4. The van der Waals surface area contributed by atoms with Crippen LogP contribution in [0.2, 0.25) is 0 Å². The van der Waals surface area contributed by atoms with Crippen molar-refractivity contribution in [3.05, 3.63) is 0 Å². The first-order valence-corrected chi connectivity index (χ1v) is 7.07. The summed E-state index contributed by atoms with van der Waals surface area (Å²) >= 11 is 0. The largest absolute Gasteiger partial charge is 0.380 e. The van der Waals surface area contributed by atoms with Crippen LogP contribution in [0.1, 0.15) is 27.7 Å². The maximum Gasteiger partial charge on any atom is 0.208 e. The van der Waals surface area contributed by atoms with Gasteiger partial charge in [-0.2, -0.15) is 0 Å². The van der Waals surface area contributed by atoms with Crippen LogP contribution in [0.3, 0.4) is 0 Å². The zero-order valence-electron chi connectivity index (χ0n) is 12.8. The topological polar surface area (TPSA) is 72.1 Å². The van der Waals surface area contributed by atoms with E-state index >= 15 is 0 Å². The van der Waals surface area contributed by atoms with Crippen LogP contribution in [0, 0.1) is 5.92 Å². The van der Waals surface area contributed by atoms with Crippen LogP contribution in [0.4, 0.5) is 0 Å². The predicted octanol–water partition coefficient (Wildman–Crippen LogP) is 0.837. The van der Waals surface area contributed by atoms with Gasteiger partial charge in [-0.15, -0.1) is 0 Å². The van der Waals surface area contributed by atoms with Crippen LogP contribution in [0.15, 0.2) is 4.99 Å². The minimum absolute atomic E-state index is 0.504. The lowest BCUT2D eigenvalue weighted by Crippen LogP contribution is -2.47.